The van der Waals surface area contributed by atoms with Gasteiger partial charge in [-0.15, -0.1) is 0 Å². The van der Waals surface area contributed by atoms with Crippen LogP contribution in [0.1, 0.15) is 25.3 Å². The zero-order chi connectivity index (χ0) is 13.7. The summed E-state index contributed by atoms with van der Waals surface area (Å²) in [5.74, 6) is 0.420. The summed E-state index contributed by atoms with van der Waals surface area (Å²) in [7, 11) is 0. The highest BCUT2D eigenvalue weighted by Crippen LogP contribution is 2.24. The number of nitrogens with one attached hydrogen (secondary N) is 1. The number of pyridine rings is 1. The maximum absolute atomic E-state index is 12.2. The summed E-state index contributed by atoms with van der Waals surface area (Å²) in [6.07, 6.45) is 3.83. The number of ether oxygens (including phenoxy) is 1. The van der Waals surface area contributed by atoms with Crippen molar-refractivity contribution in [3.8, 4) is 0 Å². The number of aromatic nitrogens is 1. The van der Waals surface area contributed by atoms with Crippen LogP contribution in [0.5, 0.6) is 0 Å². The highest BCUT2D eigenvalue weighted by Gasteiger charge is 2.32. The van der Waals surface area contributed by atoms with Crippen molar-refractivity contribution in [3.63, 3.8) is 0 Å². The minimum absolute atomic E-state index is 0.0145. The maximum atomic E-state index is 12.2. The quantitative estimate of drug-likeness (QED) is 0.842. The SMILES string of the molecule is CC[C@@H]1OCC[C@H]1C(=O)Nc1cc(CCO)ccn1. The molecule has 0 bridgehead atoms. The van der Waals surface area contributed by atoms with Crippen LogP contribution in [0.2, 0.25) is 0 Å². The van der Waals surface area contributed by atoms with Crippen LogP contribution in [0.25, 0.3) is 0 Å². The largest absolute Gasteiger partial charge is 0.396 e. The van der Waals surface area contributed by atoms with E-state index in [1.54, 1.807) is 12.3 Å². The van der Waals surface area contributed by atoms with Gasteiger partial charge >= 0.3 is 0 Å². The van der Waals surface area contributed by atoms with E-state index in [1.165, 1.54) is 0 Å². The van der Waals surface area contributed by atoms with Gasteiger partial charge in [0.25, 0.3) is 0 Å². The molecule has 5 nitrogen and oxygen atoms in total. The third-order valence-corrected chi connectivity index (χ3v) is 3.42. The van der Waals surface area contributed by atoms with Gasteiger partial charge in [-0.3, -0.25) is 4.79 Å². The zero-order valence-corrected chi connectivity index (χ0v) is 11.1. The van der Waals surface area contributed by atoms with Crippen molar-refractivity contribution in [2.75, 3.05) is 18.5 Å². The fourth-order valence-corrected chi connectivity index (χ4v) is 2.40. The Morgan fingerprint density at radius 1 is 1.63 bits per heavy atom. The number of amides is 1. The molecule has 19 heavy (non-hydrogen) atoms. The van der Waals surface area contributed by atoms with Gasteiger partial charge in [-0.1, -0.05) is 6.92 Å². The average molecular weight is 264 g/mol. The Kier molecular flexibility index (Phi) is 4.87. The van der Waals surface area contributed by atoms with Crippen LogP contribution >= 0.6 is 0 Å². The lowest BCUT2D eigenvalue weighted by molar-refractivity contribution is -0.121. The number of anilines is 1. The van der Waals surface area contributed by atoms with Crippen LogP contribution in [0, 0.1) is 5.92 Å². The fourth-order valence-electron chi connectivity index (χ4n) is 2.40. The number of carbonyl (C=O) groups is 1. The number of hydrogen-bond donors (Lipinski definition) is 2. The van der Waals surface area contributed by atoms with Gasteiger partial charge in [0.15, 0.2) is 0 Å². The predicted octanol–water partition coefficient (Wildman–Crippen LogP) is 1.37. The maximum Gasteiger partial charge on any atom is 0.231 e. The van der Waals surface area contributed by atoms with E-state index in [4.69, 9.17) is 9.84 Å². The molecule has 2 N–H and O–H groups in total. The number of carbonyl (C=O) groups excluding carboxylic acids is 1. The standard InChI is InChI=1S/C14H20N2O3/c1-2-12-11(5-8-19-12)14(18)16-13-9-10(4-7-17)3-6-15-13/h3,6,9,11-12,17H,2,4-5,7-8H2,1H3,(H,15,16,18)/t11-,12+/m1/s1. The van der Waals surface area contributed by atoms with Crippen molar-refractivity contribution in [2.24, 2.45) is 5.92 Å². The number of nitrogens with zero attached hydrogens (tertiary/aromatic N) is 1. The van der Waals surface area contributed by atoms with E-state index >= 15 is 0 Å². The van der Waals surface area contributed by atoms with E-state index in [9.17, 15) is 4.79 Å². The van der Waals surface area contributed by atoms with Crippen LogP contribution < -0.4 is 5.32 Å². The lowest BCUT2D eigenvalue weighted by Gasteiger charge is -2.16. The molecule has 1 amide bonds. The molecule has 1 fully saturated rings. The van der Waals surface area contributed by atoms with Gasteiger partial charge in [0.2, 0.25) is 5.91 Å². The Morgan fingerprint density at radius 2 is 2.47 bits per heavy atom. The lowest BCUT2D eigenvalue weighted by Crippen LogP contribution is -2.29. The predicted molar refractivity (Wildman–Crippen MR) is 71.8 cm³/mol. The van der Waals surface area contributed by atoms with Crippen LogP contribution in [-0.4, -0.2) is 35.3 Å². The fraction of sp³-hybridized carbons (Fsp3) is 0.571. The molecule has 0 radical (unpaired) electrons. The van der Waals surface area contributed by atoms with Crippen molar-refractivity contribution >= 4 is 11.7 Å². The number of hydrogen-bond acceptors (Lipinski definition) is 4. The van der Waals surface area contributed by atoms with E-state index in [0.717, 1.165) is 18.4 Å². The minimum Gasteiger partial charge on any atom is -0.396 e. The Hall–Kier alpha value is -1.46. The van der Waals surface area contributed by atoms with E-state index < -0.39 is 0 Å². The van der Waals surface area contributed by atoms with E-state index in [2.05, 4.69) is 10.3 Å². The van der Waals surface area contributed by atoms with Crippen LogP contribution in [-0.2, 0) is 16.0 Å². The number of aliphatic hydroxyl groups is 1. The molecule has 1 aliphatic heterocycles. The smallest absolute Gasteiger partial charge is 0.231 e. The van der Waals surface area contributed by atoms with Crippen molar-refractivity contribution < 1.29 is 14.6 Å². The van der Waals surface area contributed by atoms with E-state index in [-0.39, 0.29) is 24.5 Å². The molecule has 1 saturated heterocycles. The van der Waals surface area contributed by atoms with Gasteiger partial charge in [0.1, 0.15) is 5.82 Å². The molecule has 0 aliphatic carbocycles. The molecule has 1 aliphatic rings. The second-order valence-corrected chi connectivity index (χ2v) is 4.72. The van der Waals surface area contributed by atoms with Crippen molar-refractivity contribution in [2.45, 2.75) is 32.3 Å². The van der Waals surface area contributed by atoms with Gasteiger partial charge in [0.05, 0.1) is 12.0 Å². The molecule has 2 heterocycles. The molecule has 104 valence electrons. The molecular weight excluding hydrogens is 244 g/mol. The second kappa shape index (κ2) is 6.63. The summed E-state index contributed by atoms with van der Waals surface area (Å²) < 4.78 is 5.52. The first-order valence-corrected chi connectivity index (χ1v) is 6.73. The summed E-state index contributed by atoms with van der Waals surface area (Å²) in [5, 5.41) is 11.7. The van der Waals surface area contributed by atoms with Gasteiger partial charge in [-0.2, -0.15) is 0 Å². The van der Waals surface area contributed by atoms with Crippen LogP contribution in [0.3, 0.4) is 0 Å². The van der Waals surface area contributed by atoms with Gasteiger partial charge in [-0.25, -0.2) is 4.98 Å². The topological polar surface area (TPSA) is 71.5 Å². The lowest BCUT2D eigenvalue weighted by atomic mass is 9.99. The average Bonchev–Trinajstić information content (AvgIpc) is 2.88. The third-order valence-electron chi connectivity index (χ3n) is 3.42. The third kappa shape index (κ3) is 3.52. The zero-order valence-electron chi connectivity index (χ0n) is 11.1. The summed E-state index contributed by atoms with van der Waals surface area (Å²) >= 11 is 0. The van der Waals surface area contributed by atoms with Gasteiger partial charge < -0.3 is 15.2 Å². The Bertz CT molecular complexity index is 436. The van der Waals surface area contributed by atoms with Crippen LogP contribution in [0.4, 0.5) is 5.82 Å². The van der Waals surface area contributed by atoms with Crippen molar-refractivity contribution in [1.82, 2.24) is 4.98 Å². The van der Waals surface area contributed by atoms with Crippen molar-refractivity contribution in [3.05, 3.63) is 23.9 Å². The minimum atomic E-state index is -0.0895. The highest BCUT2D eigenvalue weighted by molar-refractivity contribution is 5.92. The second-order valence-electron chi connectivity index (χ2n) is 4.72. The molecule has 0 spiro atoms. The molecule has 2 rings (SSSR count). The summed E-state index contributed by atoms with van der Waals surface area (Å²) in [4.78, 5) is 16.3. The summed E-state index contributed by atoms with van der Waals surface area (Å²) in [6.45, 7) is 2.76. The summed E-state index contributed by atoms with van der Waals surface area (Å²) in [6, 6.07) is 3.63. The first-order chi connectivity index (χ1) is 9.24. The van der Waals surface area contributed by atoms with Crippen molar-refractivity contribution in [1.29, 1.82) is 0 Å². The van der Waals surface area contributed by atoms with Gasteiger partial charge in [-0.05, 0) is 37.0 Å². The van der Waals surface area contributed by atoms with E-state index in [0.29, 0.717) is 18.8 Å². The first-order valence-electron chi connectivity index (χ1n) is 6.73. The Morgan fingerprint density at radius 3 is 3.21 bits per heavy atom. The van der Waals surface area contributed by atoms with Gasteiger partial charge in [0, 0.05) is 19.4 Å². The first kappa shape index (κ1) is 14.0. The number of rotatable bonds is 5. The summed E-state index contributed by atoms with van der Waals surface area (Å²) in [5.41, 5.74) is 0.961. The Labute approximate surface area is 113 Å². The molecule has 0 saturated carbocycles. The monoisotopic (exact) mass is 264 g/mol. The molecule has 5 heteroatoms. The normalized spacial score (nSPS) is 22.4. The molecular formula is C14H20N2O3. The Balaban J connectivity index is 2.00. The molecule has 2 atom stereocenters. The van der Waals surface area contributed by atoms with E-state index in [1.807, 2.05) is 13.0 Å². The highest BCUT2D eigenvalue weighted by atomic mass is 16.5. The molecule has 1 aromatic heterocycles. The molecule has 0 unspecified atom stereocenters. The van der Waals surface area contributed by atoms with Crippen LogP contribution in [0.15, 0.2) is 18.3 Å². The number of aliphatic hydroxyl groups excluding tert-OH is 1. The molecule has 0 aromatic carbocycles. The molecule has 1 aromatic rings.